The molecule has 0 unspecified atom stereocenters. The SMILES string of the molecule is COCCC1(CNCCC(N)=NO)CC1. The van der Waals surface area contributed by atoms with Crippen molar-refractivity contribution in [2.75, 3.05) is 26.8 Å². The molecule has 0 aromatic rings. The van der Waals surface area contributed by atoms with Gasteiger partial charge in [0.15, 0.2) is 0 Å². The minimum Gasteiger partial charge on any atom is -0.409 e. The summed E-state index contributed by atoms with van der Waals surface area (Å²) in [4.78, 5) is 0. The van der Waals surface area contributed by atoms with Gasteiger partial charge in [-0.05, 0) is 24.7 Å². The van der Waals surface area contributed by atoms with Crippen molar-refractivity contribution in [2.45, 2.75) is 25.7 Å². The fourth-order valence-electron chi connectivity index (χ4n) is 1.63. The molecule has 0 radical (unpaired) electrons. The molecule has 0 atom stereocenters. The molecule has 0 heterocycles. The second-order valence-electron chi connectivity index (χ2n) is 4.26. The molecule has 1 rings (SSSR count). The molecule has 88 valence electrons. The minimum atomic E-state index is 0.282. The quantitative estimate of drug-likeness (QED) is 0.181. The molecule has 15 heavy (non-hydrogen) atoms. The Morgan fingerprint density at radius 3 is 2.87 bits per heavy atom. The van der Waals surface area contributed by atoms with Gasteiger partial charge in [-0.1, -0.05) is 5.16 Å². The molecule has 0 aromatic heterocycles. The number of amidine groups is 1. The number of hydrogen-bond acceptors (Lipinski definition) is 4. The van der Waals surface area contributed by atoms with Crippen LogP contribution >= 0.6 is 0 Å². The number of rotatable bonds is 8. The van der Waals surface area contributed by atoms with Crippen LogP contribution in [0.15, 0.2) is 5.16 Å². The van der Waals surface area contributed by atoms with E-state index in [-0.39, 0.29) is 5.84 Å². The number of ether oxygens (including phenoxy) is 1. The lowest BCUT2D eigenvalue weighted by atomic mass is 10.0. The second-order valence-corrected chi connectivity index (χ2v) is 4.26. The van der Waals surface area contributed by atoms with E-state index in [1.807, 2.05) is 0 Å². The molecule has 0 amide bonds. The number of nitrogens with one attached hydrogen (secondary N) is 1. The highest BCUT2D eigenvalue weighted by atomic mass is 16.5. The third-order valence-electron chi connectivity index (χ3n) is 2.98. The summed E-state index contributed by atoms with van der Waals surface area (Å²) < 4.78 is 5.08. The van der Waals surface area contributed by atoms with Crippen molar-refractivity contribution < 1.29 is 9.94 Å². The van der Waals surface area contributed by atoms with E-state index in [0.717, 1.165) is 26.1 Å². The van der Waals surface area contributed by atoms with Gasteiger partial charge in [0.1, 0.15) is 5.84 Å². The number of methoxy groups -OCH3 is 1. The van der Waals surface area contributed by atoms with Gasteiger partial charge in [0.2, 0.25) is 0 Å². The van der Waals surface area contributed by atoms with Gasteiger partial charge in [0.05, 0.1) is 0 Å². The van der Waals surface area contributed by atoms with E-state index >= 15 is 0 Å². The highest BCUT2D eigenvalue weighted by molar-refractivity contribution is 5.79. The van der Waals surface area contributed by atoms with Crippen molar-refractivity contribution in [1.82, 2.24) is 5.32 Å². The Morgan fingerprint density at radius 2 is 2.33 bits per heavy atom. The van der Waals surface area contributed by atoms with Crippen LogP contribution in [0.25, 0.3) is 0 Å². The summed E-state index contributed by atoms with van der Waals surface area (Å²) in [6.07, 6.45) is 4.29. The maximum Gasteiger partial charge on any atom is 0.140 e. The van der Waals surface area contributed by atoms with E-state index < -0.39 is 0 Å². The minimum absolute atomic E-state index is 0.282. The van der Waals surface area contributed by atoms with Crippen LogP contribution in [-0.4, -0.2) is 37.8 Å². The van der Waals surface area contributed by atoms with Gasteiger partial charge in [-0.2, -0.15) is 0 Å². The molecule has 0 aromatic carbocycles. The smallest absolute Gasteiger partial charge is 0.140 e. The summed E-state index contributed by atoms with van der Waals surface area (Å²) in [5, 5.41) is 14.6. The summed E-state index contributed by atoms with van der Waals surface area (Å²) in [5.74, 6) is 0.282. The summed E-state index contributed by atoms with van der Waals surface area (Å²) in [5.41, 5.74) is 5.82. The predicted molar refractivity (Wildman–Crippen MR) is 59.1 cm³/mol. The summed E-state index contributed by atoms with van der Waals surface area (Å²) >= 11 is 0. The van der Waals surface area contributed by atoms with Gasteiger partial charge >= 0.3 is 0 Å². The molecule has 1 aliphatic carbocycles. The Bertz CT molecular complexity index is 215. The fourth-order valence-corrected chi connectivity index (χ4v) is 1.63. The van der Waals surface area contributed by atoms with Crippen molar-refractivity contribution in [3.8, 4) is 0 Å². The topological polar surface area (TPSA) is 79.9 Å². The van der Waals surface area contributed by atoms with Crippen LogP contribution in [0.5, 0.6) is 0 Å². The van der Waals surface area contributed by atoms with Gasteiger partial charge in [-0.15, -0.1) is 0 Å². The lowest BCUT2D eigenvalue weighted by Crippen LogP contribution is -2.28. The number of oxime groups is 1. The highest BCUT2D eigenvalue weighted by Crippen LogP contribution is 2.48. The van der Waals surface area contributed by atoms with E-state index in [1.54, 1.807) is 7.11 Å². The first-order valence-electron chi connectivity index (χ1n) is 5.38. The zero-order valence-electron chi connectivity index (χ0n) is 9.33. The van der Waals surface area contributed by atoms with E-state index in [1.165, 1.54) is 12.8 Å². The number of nitrogens with two attached hydrogens (primary N) is 1. The Balaban J connectivity index is 2.04. The Morgan fingerprint density at radius 1 is 1.60 bits per heavy atom. The van der Waals surface area contributed by atoms with Crippen LogP contribution < -0.4 is 11.1 Å². The monoisotopic (exact) mass is 215 g/mol. The molecule has 0 saturated heterocycles. The molecular weight excluding hydrogens is 194 g/mol. The molecule has 0 bridgehead atoms. The van der Waals surface area contributed by atoms with Crippen LogP contribution in [0.2, 0.25) is 0 Å². The summed E-state index contributed by atoms with van der Waals surface area (Å²) in [6.45, 7) is 2.61. The van der Waals surface area contributed by atoms with Crippen LogP contribution in [0, 0.1) is 5.41 Å². The molecule has 0 aliphatic heterocycles. The maximum atomic E-state index is 8.34. The van der Waals surface area contributed by atoms with Gasteiger partial charge in [-0.3, -0.25) is 0 Å². The molecule has 5 nitrogen and oxygen atoms in total. The largest absolute Gasteiger partial charge is 0.409 e. The van der Waals surface area contributed by atoms with Crippen LogP contribution in [0.4, 0.5) is 0 Å². The second kappa shape index (κ2) is 5.92. The van der Waals surface area contributed by atoms with E-state index in [0.29, 0.717) is 11.8 Å². The van der Waals surface area contributed by atoms with Crippen LogP contribution in [0.1, 0.15) is 25.7 Å². The van der Waals surface area contributed by atoms with E-state index in [9.17, 15) is 0 Å². The molecular formula is C10H21N3O2. The standard InChI is InChI=1S/C10H21N3O2/c1-15-7-5-10(3-4-10)8-12-6-2-9(11)13-14/h12,14H,2-8H2,1H3,(H2,11,13). The first-order valence-corrected chi connectivity index (χ1v) is 5.38. The normalized spacial score (nSPS) is 19.1. The molecule has 1 fully saturated rings. The number of hydrogen-bond donors (Lipinski definition) is 3. The molecule has 1 aliphatic rings. The maximum absolute atomic E-state index is 8.34. The van der Waals surface area contributed by atoms with Crippen molar-refractivity contribution in [2.24, 2.45) is 16.3 Å². The lowest BCUT2D eigenvalue weighted by Gasteiger charge is -2.15. The van der Waals surface area contributed by atoms with Crippen LogP contribution in [0.3, 0.4) is 0 Å². The van der Waals surface area contributed by atoms with E-state index in [2.05, 4.69) is 10.5 Å². The first kappa shape index (κ1) is 12.3. The Kier molecular flexibility index (Phi) is 4.84. The van der Waals surface area contributed by atoms with E-state index in [4.69, 9.17) is 15.7 Å². The van der Waals surface area contributed by atoms with Gasteiger partial charge in [0.25, 0.3) is 0 Å². The zero-order valence-corrected chi connectivity index (χ0v) is 9.33. The third kappa shape index (κ3) is 4.48. The van der Waals surface area contributed by atoms with Crippen molar-refractivity contribution in [3.05, 3.63) is 0 Å². The summed E-state index contributed by atoms with van der Waals surface area (Å²) in [7, 11) is 1.74. The highest BCUT2D eigenvalue weighted by Gasteiger charge is 2.41. The zero-order chi connectivity index (χ0) is 11.1. The van der Waals surface area contributed by atoms with Crippen LogP contribution in [-0.2, 0) is 4.74 Å². The third-order valence-corrected chi connectivity index (χ3v) is 2.98. The molecule has 1 saturated carbocycles. The fraction of sp³-hybridized carbons (Fsp3) is 0.900. The molecule has 4 N–H and O–H groups in total. The predicted octanol–water partition coefficient (Wildman–Crippen LogP) is 0.529. The first-order chi connectivity index (χ1) is 7.22. The Hall–Kier alpha value is -0.810. The molecule has 5 heteroatoms. The average molecular weight is 215 g/mol. The average Bonchev–Trinajstić information content (AvgIpc) is 3.02. The van der Waals surface area contributed by atoms with Crippen molar-refractivity contribution in [1.29, 1.82) is 0 Å². The van der Waals surface area contributed by atoms with Gasteiger partial charge < -0.3 is 21.0 Å². The van der Waals surface area contributed by atoms with Gasteiger partial charge in [-0.25, -0.2) is 0 Å². The Labute approximate surface area is 90.7 Å². The van der Waals surface area contributed by atoms with Gasteiger partial charge in [0, 0.05) is 33.2 Å². The summed E-state index contributed by atoms with van der Waals surface area (Å²) in [6, 6.07) is 0. The lowest BCUT2D eigenvalue weighted by molar-refractivity contribution is 0.171. The number of nitrogens with zero attached hydrogens (tertiary/aromatic N) is 1. The van der Waals surface area contributed by atoms with Crippen molar-refractivity contribution in [3.63, 3.8) is 0 Å². The molecule has 0 spiro atoms. The van der Waals surface area contributed by atoms with Crippen molar-refractivity contribution >= 4 is 5.84 Å².